The lowest BCUT2D eigenvalue weighted by atomic mass is 10.1. The lowest BCUT2D eigenvalue weighted by molar-refractivity contribution is -0.274. The van der Waals surface area contributed by atoms with E-state index >= 15 is 0 Å². The average molecular weight is 407 g/mol. The predicted molar refractivity (Wildman–Crippen MR) is 95.8 cm³/mol. The first-order valence-corrected chi connectivity index (χ1v) is 8.69. The highest BCUT2D eigenvalue weighted by Gasteiger charge is 2.31. The van der Waals surface area contributed by atoms with E-state index in [0.717, 1.165) is 30.7 Å². The molecule has 0 spiro atoms. The number of ketones is 1. The minimum absolute atomic E-state index is 0.0183. The third-order valence-corrected chi connectivity index (χ3v) is 4.23. The Balaban J connectivity index is 1.54. The Bertz CT molecular complexity index is 907. The van der Waals surface area contributed by atoms with E-state index in [4.69, 9.17) is 4.74 Å². The molecule has 2 aromatic rings. The molecule has 9 heteroatoms. The maximum Gasteiger partial charge on any atom is 0.573 e. The summed E-state index contributed by atoms with van der Waals surface area (Å²) in [5, 5.41) is 0. The summed E-state index contributed by atoms with van der Waals surface area (Å²) >= 11 is 0. The second kappa shape index (κ2) is 8.34. The Morgan fingerprint density at radius 2 is 1.59 bits per heavy atom. The highest BCUT2D eigenvalue weighted by Crippen LogP contribution is 2.23. The van der Waals surface area contributed by atoms with Gasteiger partial charge < -0.3 is 14.4 Å². The Hall–Kier alpha value is -3.36. The second-order valence-electron chi connectivity index (χ2n) is 6.27. The van der Waals surface area contributed by atoms with Gasteiger partial charge in [0.05, 0.1) is 5.56 Å². The van der Waals surface area contributed by atoms with Crippen LogP contribution in [0.25, 0.3) is 0 Å². The van der Waals surface area contributed by atoms with Gasteiger partial charge in [0.25, 0.3) is 0 Å². The van der Waals surface area contributed by atoms with Crippen molar-refractivity contribution in [1.82, 2.24) is 0 Å². The number of hydrogen-bond acceptors (Lipinski definition) is 5. The summed E-state index contributed by atoms with van der Waals surface area (Å²) in [5.41, 5.74) is 0.986. The van der Waals surface area contributed by atoms with Crippen LogP contribution in [-0.2, 0) is 9.53 Å². The van der Waals surface area contributed by atoms with Crippen LogP contribution >= 0.6 is 0 Å². The summed E-state index contributed by atoms with van der Waals surface area (Å²) in [6.45, 7) is 0.109. The zero-order valence-corrected chi connectivity index (χ0v) is 15.1. The number of rotatable bonds is 6. The van der Waals surface area contributed by atoms with Gasteiger partial charge in [-0.2, -0.15) is 0 Å². The molecule has 0 aromatic heterocycles. The Kier molecular flexibility index (Phi) is 5.86. The van der Waals surface area contributed by atoms with Crippen LogP contribution in [0.2, 0.25) is 0 Å². The number of Topliss-reactive ketones (excluding diaryl/α,β-unsaturated/α-hetero) is 1. The summed E-state index contributed by atoms with van der Waals surface area (Å²) in [6.07, 6.45) is -3.54. The van der Waals surface area contributed by atoms with Gasteiger partial charge in [-0.25, -0.2) is 4.79 Å². The molecule has 0 radical (unpaired) electrons. The molecule has 152 valence electrons. The SMILES string of the molecule is O=C(COC(=O)c1ccc(OC(F)(F)F)cc1)c1ccc(N2CCCC2=O)cc1. The Morgan fingerprint density at radius 1 is 0.966 bits per heavy atom. The number of esters is 1. The van der Waals surface area contributed by atoms with Gasteiger partial charge in [0, 0.05) is 24.2 Å². The van der Waals surface area contributed by atoms with Crippen LogP contribution in [0.4, 0.5) is 18.9 Å². The van der Waals surface area contributed by atoms with Crippen molar-refractivity contribution in [2.45, 2.75) is 19.2 Å². The topological polar surface area (TPSA) is 72.9 Å². The van der Waals surface area contributed by atoms with E-state index in [-0.39, 0.29) is 11.5 Å². The average Bonchev–Trinajstić information content (AvgIpc) is 3.11. The van der Waals surface area contributed by atoms with Crippen molar-refractivity contribution in [3.63, 3.8) is 0 Å². The van der Waals surface area contributed by atoms with Crippen molar-refractivity contribution in [2.24, 2.45) is 0 Å². The van der Waals surface area contributed by atoms with Crippen molar-refractivity contribution >= 4 is 23.3 Å². The fourth-order valence-corrected chi connectivity index (χ4v) is 2.84. The molecule has 2 aromatic carbocycles. The van der Waals surface area contributed by atoms with Crippen molar-refractivity contribution in [1.29, 1.82) is 0 Å². The van der Waals surface area contributed by atoms with E-state index in [0.29, 0.717) is 24.2 Å². The van der Waals surface area contributed by atoms with Crippen molar-refractivity contribution in [2.75, 3.05) is 18.1 Å². The molecule has 0 saturated carbocycles. The molecule has 0 N–H and O–H groups in total. The number of hydrogen-bond donors (Lipinski definition) is 0. The molecular weight excluding hydrogens is 391 g/mol. The summed E-state index contributed by atoms with van der Waals surface area (Å²) in [5.74, 6) is -1.74. The van der Waals surface area contributed by atoms with Gasteiger partial charge in [-0.15, -0.1) is 13.2 Å². The van der Waals surface area contributed by atoms with E-state index < -0.39 is 30.5 Å². The van der Waals surface area contributed by atoms with Gasteiger partial charge >= 0.3 is 12.3 Å². The summed E-state index contributed by atoms with van der Waals surface area (Å²) < 4.78 is 45.0. The van der Waals surface area contributed by atoms with Crippen LogP contribution in [0.1, 0.15) is 33.6 Å². The summed E-state index contributed by atoms with van der Waals surface area (Å²) in [4.78, 5) is 37.5. The van der Waals surface area contributed by atoms with Crippen LogP contribution in [0.5, 0.6) is 5.75 Å². The maximum absolute atomic E-state index is 12.2. The van der Waals surface area contributed by atoms with Crippen molar-refractivity contribution in [3.05, 3.63) is 59.7 Å². The molecule has 1 fully saturated rings. The van der Waals surface area contributed by atoms with Crippen LogP contribution in [0, 0.1) is 0 Å². The predicted octanol–water partition coefficient (Wildman–Crippen LogP) is 3.75. The molecule has 1 amide bonds. The van der Waals surface area contributed by atoms with Gasteiger partial charge in [-0.1, -0.05) is 0 Å². The number of carbonyl (C=O) groups is 3. The monoisotopic (exact) mass is 407 g/mol. The van der Waals surface area contributed by atoms with Gasteiger partial charge in [0.15, 0.2) is 12.4 Å². The molecule has 0 unspecified atom stereocenters. The van der Waals surface area contributed by atoms with Crippen LogP contribution in [0.15, 0.2) is 48.5 Å². The number of benzene rings is 2. The largest absolute Gasteiger partial charge is 0.573 e. The van der Waals surface area contributed by atoms with Crippen LogP contribution in [-0.4, -0.2) is 37.2 Å². The summed E-state index contributed by atoms with van der Waals surface area (Å²) in [7, 11) is 0. The lowest BCUT2D eigenvalue weighted by Gasteiger charge is -2.15. The normalized spacial score (nSPS) is 14.0. The first kappa shape index (κ1) is 20.4. The van der Waals surface area contributed by atoms with E-state index in [1.165, 1.54) is 0 Å². The molecule has 0 bridgehead atoms. The first-order chi connectivity index (χ1) is 13.7. The number of amides is 1. The highest BCUT2D eigenvalue weighted by atomic mass is 19.4. The van der Waals surface area contributed by atoms with E-state index in [1.54, 1.807) is 29.2 Å². The molecule has 1 saturated heterocycles. The molecule has 1 heterocycles. The number of carbonyl (C=O) groups excluding carboxylic acids is 3. The van der Waals surface area contributed by atoms with Crippen LogP contribution in [0.3, 0.4) is 0 Å². The molecule has 1 aliphatic heterocycles. The third-order valence-electron chi connectivity index (χ3n) is 4.23. The number of alkyl halides is 3. The van der Waals surface area contributed by atoms with E-state index in [2.05, 4.69) is 4.74 Å². The Morgan fingerprint density at radius 3 is 2.14 bits per heavy atom. The number of ether oxygens (including phenoxy) is 2. The maximum atomic E-state index is 12.2. The lowest BCUT2D eigenvalue weighted by Crippen LogP contribution is -2.23. The summed E-state index contributed by atoms with van der Waals surface area (Å²) in [6, 6.07) is 10.6. The number of halogens is 3. The van der Waals surface area contributed by atoms with Gasteiger partial charge in [0.2, 0.25) is 5.91 Å². The molecule has 1 aliphatic rings. The molecular formula is C20H16F3NO5. The fraction of sp³-hybridized carbons (Fsp3) is 0.250. The smallest absolute Gasteiger partial charge is 0.454 e. The van der Waals surface area contributed by atoms with E-state index in [9.17, 15) is 27.6 Å². The quantitative estimate of drug-likeness (QED) is 0.539. The van der Waals surface area contributed by atoms with Gasteiger partial charge in [-0.3, -0.25) is 9.59 Å². The zero-order valence-electron chi connectivity index (χ0n) is 15.1. The zero-order chi connectivity index (χ0) is 21.0. The van der Waals surface area contributed by atoms with Crippen LogP contribution < -0.4 is 9.64 Å². The number of anilines is 1. The molecule has 3 rings (SSSR count). The molecule has 0 atom stereocenters. The fourth-order valence-electron chi connectivity index (χ4n) is 2.84. The first-order valence-electron chi connectivity index (χ1n) is 8.69. The van der Waals surface area contributed by atoms with Gasteiger partial charge in [-0.05, 0) is 55.0 Å². The minimum atomic E-state index is -4.83. The third kappa shape index (κ3) is 5.34. The van der Waals surface area contributed by atoms with Gasteiger partial charge in [0.1, 0.15) is 5.75 Å². The number of nitrogens with zero attached hydrogens (tertiary/aromatic N) is 1. The van der Waals surface area contributed by atoms with E-state index in [1.807, 2.05) is 0 Å². The standard InChI is InChI=1S/C20H16F3NO5/c21-20(22,23)29-16-9-5-14(6-10-16)19(27)28-12-17(25)13-3-7-15(8-4-13)24-11-1-2-18(24)26/h3-10H,1-2,11-12H2. The Labute approximate surface area is 163 Å². The molecule has 0 aliphatic carbocycles. The molecule has 29 heavy (non-hydrogen) atoms. The van der Waals surface area contributed by atoms with Crippen molar-refractivity contribution < 1.29 is 37.0 Å². The van der Waals surface area contributed by atoms with Crippen molar-refractivity contribution in [3.8, 4) is 5.75 Å². The minimum Gasteiger partial charge on any atom is -0.454 e. The highest BCUT2D eigenvalue weighted by molar-refractivity contribution is 6.00. The second-order valence-corrected chi connectivity index (χ2v) is 6.27. The molecule has 6 nitrogen and oxygen atoms in total.